The van der Waals surface area contributed by atoms with Crippen LogP contribution in [-0.2, 0) is 12.1 Å². The van der Waals surface area contributed by atoms with Gasteiger partial charge in [-0.3, -0.25) is 9.59 Å². The third-order valence-corrected chi connectivity index (χ3v) is 5.83. The SMILES string of the molecule is O=C(NCc1ccc(Cl)cc1)c1cn2c3c(cc(C#CCO)cc3c1=O)OCC2(CO)CO. The molecule has 0 bridgehead atoms. The number of rotatable bonds is 5. The Morgan fingerprint density at radius 2 is 1.91 bits per heavy atom. The molecule has 0 spiro atoms. The van der Waals surface area contributed by atoms with Crippen LogP contribution < -0.4 is 15.5 Å². The zero-order chi connectivity index (χ0) is 23.6. The van der Waals surface area contributed by atoms with Crippen molar-refractivity contribution < 1.29 is 24.9 Å². The molecule has 4 rings (SSSR count). The predicted molar refractivity (Wildman–Crippen MR) is 122 cm³/mol. The summed E-state index contributed by atoms with van der Waals surface area (Å²) in [5.41, 5.74) is -0.385. The maximum atomic E-state index is 13.3. The van der Waals surface area contributed by atoms with Crippen molar-refractivity contribution in [2.45, 2.75) is 12.1 Å². The zero-order valence-electron chi connectivity index (χ0n) is 17.5. The second-order valence-corrected chi connectivity index (χ2v) is 8.15. The molecule has 0 unspecified atom stereocenters. The lowest BCUT2D eigenvalue weighted by Crippen LogP contribution is -2.49. The number of amides is 1. The number of pyridine rings is 1. The Balaban J connectivity index is 1.85. The van der Waals surface area contributed by atoms with Gasteiger partial charge in [-0.05, 0) is 29.8 Å². The number of nitrogens with zero attached hydrogens (tertiary/aromatic N) is 1. The molecule has 0 saturated carbocycles. The van der Waals surface area contributed by atoms with Crippen LogP contribution in [0.25, 0.3) is 10.9 Å². The summed E-state index contributed by atoms with van der Waals surface area (Å²) in [4.78, 5) is 26.3. The number of aliphatic hydroxyl groups excluding tert-OH is 3. The Labute approximate surface area is 194 Å². The number of hydrogen-bond acceptors (Lipinski definition) is 6. The lowest BCUT2D eigenvalue weighted by Gasteiger charge is -2.38. The van der Waals surface area contributed by atoms with Gasteiger partial charge in [-0.25, -0.2) is 0 Å². The molecule has 4 N–H and O–H groups in total. The summed E-state index contributed by atoms with van der Waals surface area (Å²) in [5, 5.41) is 32.6. The molecular weight excluding hydrogens is 448 g/mol. The predicted octanol–water partition coefficient (Wildman–Crippen LogP) is 1.00. The molecule has 1 aliphatic heterocycles. The monoisotopic (exact) mass is 468 g/mol. The summed E-state index contributed by atoms with van der Waals surface area (Å²) in [5.74, 6) is 4.99. The van der Waals surface area contributed by atoms with Crippen LogP contribution in [0.2, 0.25) is 5.02 Å². The highest BCUT2D eigenvalue weighted by Gasteiger charge is 2.38. The fraction of sp³-hybridized carbons (Fsp3) is 0.250. The quantitative estimate of drug-likeness (QED) is 0.415. The van der Waals surface area contributed by atoms with Crippen molar-refractivity contribution in [1.82, 2.24) is 9.88 Å². The van der Waals surface area contributed by atoms with Gasteiger partial charge in [0.05, 0.1) is 24.1 Å². The molecule has 0 saturated heterocycles. The molecule has 0 radical (unpaired) electrons. The first kappa shape index (κ1) is 22.8. The standard InChI is InChI=1S/C24H21ClN2O6/c25-17-5-3-15(4-6-17)10-26-23(32)19-11-27-21-18(22(19)31)8-16(2-1-7-28)9-20(21)33-14-24(27,12-29)13-30/h3-6,8-9,11,28-30H,7,10,12-14H2,(H,26,32). The Morgan fingerprint density at radius 3 is 2.58 bits per heavy atom. The first-order chi connectivity index (χ1) is 15.9. The van der Waals surface area contributed by atoms with E-state index in [1.807, 2.05) is 0 Å². The highest BCUT2D eigenvalue weighted by atomic mass is 35.5. The number of hydrogen-bond donors (Lipinski definition) is 4. The highest BCUT2D eigenvalue weighted by molar-refractivity contribution is 6.30. The third-order valence-electron chi connectivity index (χ3n) is 5.58. The van der Waals surface area contributed by atoms with E-state index in [2.05, 4.69) is 17.2 Å². The van der Waals surface area contributed by atoms with Crippen LogP contribution >= 0.6 is 11.6 Å². The highest BCUT2D eigenvalue weighted by Crippen LogP contribution is 2.35. The van der Waals surface area contributed by atoms with Crippen LogP contribution in [0.1, 0.15) is 21.5 Å². The number of carbonyl (C=O) groups excluding carboxylic acids is 1. The van der Waals surface area contributed by atoms with Gasteiger partial charge in [-0.2, -0.15) is 0 Å². The summed E-state index contributed by atoms with van der Waals surface area (Å²) in [6.45, 7) is -1.20. The molecule has 1 aromatic heterocycles. The number of aromatic nitrogens is 1. The van der Waals surface area contributed by atoms with E-state index in [-0.39, 0.29) is 30.7 Å². The molecule has 8 nitrogen and oxygen atoms in total. The topological polar surface area (TPSA) is 121 Å². The van der Waals surface area contributed by atoms with E-state index in [4.69, 9.17) is 21.4 Å². The van der Waals surface area contributed by atoms with Gasteiger partial charge >= 0.3 is 0 Å². The fourth-order valence-corrected chi connectivity index (χ4v) is 3.87. The van der Waals surface area contributed by atoms with Crippen LogP contribution in [0, 0.1) is 11.8 Å². The molecule has 170 valence electrons. The van der Waals surface area contributed by atoms with Gasteiger partial charge in [-0.15, -0.1) is 0 Å². The number of aliphatic hydroxyl groups is 3. The van der Waals surface area contributed by atoms with Crippen LogP contribution in [0.5, 0.6) is 5.75 Å². The van der Waals surface area contributed by atoms with Crippen LogP contribution in [-0.4, -0.2) is 52.2 Å². The van der Waals surface area contributed by atoms with Crippen LogP contribution in [0.15, 0.2) is 47.4 Å². The van der Waals surface area contributed by atoms with E-state index in [9.17, 15) is 19.8 Å². The molecule has 33 heavy (non-hydrogen) atoms. The van der Waals surface area contributed by atoms with Crippen molar-refractivity contribution in [2.24, 2.45) is 0 Å². The summed E-state index contributed by atoms with van der Waals surface area (Å²) >= 11 is 5.89. The Kier molecular flexibility index (Phi) is 6.40. The van der Waals surface area contributed by atoms with Crippen molar-refractivity contribution in [3.05, 3.63) is 74.5 Å². The molecule has 1 amide bonds. The van der Waals surface area contributed by atoms with E-state index in [1.165, 1.54) is 16.8 Å². The summed E-state index contributed by atoms with van der Waals surface area (Å²) in [6, 6.07) is 10.0. The average molecular weight is 469 g/mol. The first-order valence-corrected chi connectivity index (χ1v) is 10.5. The Bertz CT molecular complexity index is 1330. The van der Waals surface area contributed by atoms with Gasteiger partial charge in [0.15, 0.2) is 0 Å². The maximum absolute atomic E-state index is 13.3. The molecule has 2 heterocycles. The van der Waals surface area contributed by atoms with Crippen molar-refractivity contribution in [3.63, 3.8) is 0 Å². The number of nitrogens with one attached hydrogen (secondary N) is 1. The lowest BCUT2D eigenvalue weighted by atomic mass is 9.97. The molecular formula is C24H21ClN2O6. The van der Waals surface area contributed by atoms with E-state index in [0.717, 1.165) is 5.56 Å². The van der Waals surface area contributed by atoms with E-state index >= 15 is 0 Å². The smallest absolute Gasteiger partial charge is 0.257 e. The molecule has 2 aromatic carbocycles. The average Bonchev–Trinajstić information content (AvgIpc) is 2.84. The normalized spacial score (nSPS) is 13.7. The minimum Gasteiger partial charge on any atom is -0.489 e. The minimum atomic E-state index is -1.26. The minimum absolute atomic E-state index is 0.0757. The number of benzene rings is 2. The number of carbonyl (C=O) groups is 1. The second-order valence-electron chi connectivity index (χ2n) is 7.71. The molecule has 3 aromatic rings. The molecule has 1 aliphatic rings. The fourth-order valence-electron chi connectivity index (χ4n) is 3.74. The number of ether oxygens (including phenoxy) is 1. The van der Waals surface area contributed by atoms with E-state index in [1.54, 1.807) is 30.3 Å². The van der Waals surface area contributed by atoms with Crippen LogP contribution in [0.4, 0.5) is 0 Å². The van der Waals surface area contributed by atoms with Gasteiger partial charge in [0.25, 0.3) is 5.91 Å². The molecule has 0 atom stereocenters. The first-order valence-electron chi connectivity index (χ1n) is 10.1. The summed E-state index contributed by atoms with van der Waals surface area (Å²) < 4.78 is 7.29. The Hall–Kier alpha value is -3.35. The van der Waals surface area contributed by atoms with Gasteiger partial charge in [-0.1, -0.05) is 35.6 Å². The van der Waals surface area contributed by atoms with Gasteiger partial charge < -0.3 is 29.9 Å². The van der Waals surface area contributed by atoms with Crippen molar-refractivity contribution in [1.29, 1.82) is 0 Å². The largest absolute Gasteiger partial charge is 0.489 e. The van der Waals surface area contributed by atoms with E-state index in [0.29, 0.717) is 21.9 Å². The van der Waals surface area contributed by atoms with Crippen LogP contribution in [0.3, 0.4) is 0 Å². The maximum Gasteiger partial charge on any atom is 0.257 e. The zero-order valence-corrected chi connectivity index (χ0v) is 18.2. The number of halogens is 1. The lowest BCUT2D eigenvalue weighted by molar-refractivity contribution is 0.0182. The van der Waals surface area contributed by atoms with Gasteiger partial charge in [0.2, 0.25) is 5.43 Å². The Morgan fingerprint density at radius 1 is 1.18 bits per heavy atom. The molecule has 9 heteroatoms. The summed E-state index contributed by atoms with van der Waals surface area (Å²) in [6.07, 6.45) is 1.35. The van der Waals surface area contributed by atoms with E-state index < -0.39 is 30.1 Å². The van der Waals surface area contributed by atoms with Crippen molar-refractivity contribution in [3.8, 4) is 17.6 Å². The van der Waals surface area contributed by atoms with Gasteiger partial charge in [0, 0.05) is 23.3 Å². The summed E-state index contributed by atoms with van der Waals surface area (Å²) in [7, 11) is 0. The van der Waals surface area contributed by atoms with Crippen molar-refractivity contribution in [2.75, 3.05) is 26.4 Å². The second kappa shape index (κ2) is 9.25. The third kappa shape index (κ3) is 4.19. The van der Waals surface area contributed by atoms with Gasteiger partial charge in [0.1, 0.15) is 30.1 Å². The van der Waals surface area contributed by atoms with Crippen molar-refractivity contribution >= 4 is 28.4 Å². The molecule has 0 fully saturated rings. The molecule has 0 aliphatic carbocycles.